The maximum Gasteiger partial charge on any atom is 0.0159 e. The lowest BCUT2D eigenvalue weighted by Gasteiger charge is -2.53. The van der Waals surface area contributed by atoms with Crippen LogP contribution in [0.25, 0.3) is 0 Å². The lowest BCUT2D eigenvalue weighted by Crippen LogP contribution is -2.59. The molecule has 1 aliphatic heterocycles. The van der Waals surface area contributed by atoms with Crippen molar-refractivity contribution >= 4 is 24.8 Å². The Hall–Kier alpha value is 0.500. The van der Waals surface area contributed by atoms with Gasteiger partial charge in [0.1, 0.15) is 0 Å². The van der Waals surface area contributed by atoms with Gasteiger partial charge in [-0.2, -0.15) is 0 Å². The Morgan fingerprint density at radius 2 is 1.40 bits per heavy atom. The molecule has 94 valence electrons. The second kappa shape index (κ2) is 6.29. The summed E-state index contributed by atoms with van der Waals surface area (Å²) in [5.41, 5.74) is 6.33. The lowest BCUT2D eigenvalue weighted by molar-refractivity contribution is -0.0237. The van der Waals surface area contributed by atoms with Crippen LogP contribution in [0.2, 0.25) is 0 Å². The predicted octanol–water partition coefficient (Wildman–Crippen LogP) is 2.83. The minimum absolute atomic E-state index is 0. The van der Waals surface area contributed by atoms with E-state index < -0.39 is 0 Å². The van der Waals surface area contributed by atoms with Gasteiger partial charge in [0.15, 0.2) is 0 Å². The SMILES string of the molecule is CC1(C)CCCC(C)(C)N1CCN.Cl.Cl. The van der Waals surface area contributed by atoms with Crippen molar-refractivity contribution in [3.8, 4) is 0 Å². The average Bonchev–Trinajstić information content (AvgIpc) is 1.96. The standard InChI is InChI=1S/C11H24N2.2ClH/c1-10(2)6-5-7-11(3,4)13(10)9-8-12;;/h5-9,12H2,1-4H3;2*1H. The summed E-state index contributed by atoms with van der Waals surface area (Å²) in [4.78, 5) is 2.57. The van der Waals surface area contributed by atoms with Crippen LogP contribution in [-0.2, 0) is 0 Å². The molecule has 1 aliphatic rings. The second-order valence-corrected chi connectivity index (χ2v) is 5.42. The summed E-state index contributed by atoms with van der Waals surface area (Å²) in [5, 5.41) is 0. The molecule has 0 unspecified atom stereocenters. The predicted molar refractivity (Wildman–Crippen MR) is 72.3 cm³/mol. The van der Waals surface area contributed by atoms with E-state index in [0.29, 0.717) is 11.1 Å². The Labute approximate surface area is 107 Å². The molecular weight excluding hydrogens is 231 g/mol. The van der Waals surface area contributed by atoms with Gasteiger partial charge in [0.05, 0.1) is 0 Å². The Morgan fingerprint density at radius 1 is 1.00 bits per heavy atom. The molecule has 2 nitrogen and oxygen atoms in total. The smallest absolute Gasteiger partial charge is 0.0159 e. The number of nitrogens with zero attached hydrogens (tertiary/aromatic N) is 1. The number of piperidine rings is 1. The zero-order chi connectivity index (χ0) is 10.1. The fourth-order valence-electron chi connectivity index (χ4n) is 2.78. The molecule has 1 rings (SSSR count). The highest BCUT2D eigenvalue weighted by molar-refractivity contribution is 5.85. The van der Waals surface area contributed by atoms with E-state index in [2.05, 4.69) is 32.6 Å². The molecule has 0 amide bonds. The van der Waals surface area contributed by atoms with E-state index in [1.165, 1.54) is 19.3 Å². The molecule has 0 saturated carbocycles. The first kappa shape index (κ1) is 17.9. The van der Waals surface area contributed by atoms with Crippen LogP contribution in [0.4, 0.5) is 0 Å². The first-order valence-corrected chi connectivity index (χ1v) is 5.38. The van der Waals surface area contributed by atoms with Gasteiger partial charge in [-0.1, -0.05) is 0 Å². The van der Waals surface area contributed by atoms with Gasteiger partial charge in [-0.05, 0) is 47.0 Å². The molecule has 0 atom stereocenters. The Morgan fingerprint density at radius 3 is 1.73 bits per heavy atom. The topological polar surface area (TPSA) is 29.3 Å². The Kier molecular flexibility index (Phi) is 7.50. The van der Waals surface area contributed by atoms with Gasteiger partial charge >= 0.3 is 0 Å². The molecule has 1 heterocycles. The van der Waals surface area contributed by atoms with Crippen molar-refractivity contribution in [1.29, 1.82) is 0 Å². The molecule has 0 spiro atoms. The quantitative estimate of drug-likeness (QED) is 0.824. The van der Waals surface area contributed by atoms with Gasteiger partial charge in [0.25, 0.3) is 0 Å². The molecule has 1 fully saturated rings. The molecule has 0 radical (unpaired) electrons. The molecule has 0 aromatic rings. The lowest BCUT2D eigenvalue weighted by atomic mass is 9.80. The van der Waals surface area contributed by atoms with Gasteiger partial charge in [0, 0.05) is 24.2 Å². The summed E-state index contributed by atoms with van der Waals surface area (Å²) in [5.74, 6) is 0. The number of halogens is 2. The second-order valence-electron chi connectivity index (χ2n) is 5.42. The van der Waals surface area contributed by atoms with Crippen LogP contribution < -0.4 is 5.73 Å². The van der Waals surface area contributed by atoms with Gasteiger partial charge in [-0.3, -0.25) is 4.90 Å². The van der Waals surface area contributed by atoms with E-state index in [-0.39, 0.29) is 24.8 Å². The molecule has 0 bridgehead atoms. The van der Waals surface area contributed by atoms with Crippen LogP contribution in [0, 0.1) is 0 Å². The molecule has 4 heteroatoms. The van der Waals surface area contributed by atoms with Crippen LogP contribution in [0.1, 0.15) is 47.0 Å². The van der Waals surface area contributed by atoms with Crippen LogP contribution in [-0.4, -0.2) is 29.1 Å². The van der Waals surface area contributed by atoms with Crippen molar-refractivity contribution in [2.45, 2.75) is 58.0 Å². The van der Waals surface area contributed by atoms with E-state index in [1.807, 2.05) is 0 Å². The summed E-state index contributed by atoms with van der Waals surface area (Å²) >= 11 is 0. The van der Waals surface area contributed by atoms with Crippen LogP contribution in [0.3, 0.4) is 0 Å². The molecular formula is C11H26Cl2N2. The fraction of sp³-hybridized carbons (Fsp3) is 1.00. The highest BCUT2D eigenvalue weighted by Gasteiger charge is 2.40. The third-order valence-electron chi connectivity index (χ3n) is 3.39. The van der Waals surface area contributed by atoms with Crippen molar-refractivity contribution < 1.29 is 0 Å². The average molecular weight is 257 g/mol. The van der Waals surface area contributed by atoms with E-state index in [1.54, 1.807) is 0 Å². The Balaban J connectivity index is 0. The summed E-state index contributed by atoms with van der Waals surface area (Å²) < 4.78 is 0. The maximum absolute atomic E-state index is 5.66. The normalized spacial score (nSPS) is 23.8. The van der Waals surface area contributed by atoms with Crippen LogP contribution in [0.15, 0.2) is 0 Å². The van der Waals surface area contributed by atoms with E-state index >= 15 is 0 Å². The number of nitrogens with two attached hydrogens (primary N) is 1. The van der Waals surface area contributed by atoms with Crippen molar-refractivity contribution in [1.82, 2.24) is 4.90 Å². The van der Waals surface area contributed by atoms with Crippen LogP contribution in [0.5, 0.6) is 0 Å². The number of rotatable bonds is 2. The zero-order valence-corrected chi connectivity index (χ0v) is 12.0. The van der Waals surface area contributed by atoms with Crippen molar-refractivity contribution in [3.63, 3.8) is 0 Å². The summed E-state index contributed by atoms with van der Waals surface area (Å²) in [6, 6.07) is 0. The Bertz CT molecular complexity index is 165. The minimum Gasteiger partial charge on any atom is -0.329 e. The largest absolute Gasteiger partial charge is 0.329 e. The highest BCUT2D eigenvalue weighted by Crippen LogP contribution is 2.37. The van der Waals surface area contributed by atoms with Gasteiger partial charge in [-0.25, -0.2) is 0 Å². The summed E-state index contributed by atoms with van der Waals surface area (Å²) in [6.07, 6.45) is 3.95. The van der Waals surface area contributed by atoms with E-state index in [4.69, 9.17) is 5.73 Å². The van der Waals surface area contributed by atoms with Crippen molar-refractivity contribution in [3.05, 3.63) is 0 Å². The first-order valence-electron chi connectivity index (χ1n) is 5.38. The first-order chi connectivity index (χ1) is 5.90. The number of likely N-dealkylation sites (tertiary alicyclic amines) is 1. The third kappa shape index (κ3) is 4.10. The summed E-state index contributed by atoms with van der Waals surface area (Å²) in [7, 11) is 0. The minimum atomic E-state index is 0. The van der Waals surface area contributed by atoms with Crippen molar-refractivity contribution in [2.75, 3.05) is 13.1 Å². The van der Waals surface area contributed by atoms with E-state index in [9.17, 15) is 0 Å². The molecule has 2 N–H and O–H groups in total. The fourth-order valence-corrected chi connectivity index (χ4v) is 2.78. The number of hydrogen-bond donors (Lipinski definition) is 1. The molecule has 1 saturated heterocycles. The molecule has 0 aliphatic carbocycles. The highest BCUT2D eigenvalue weighted by atomic mass is 35.5. The third-order valence-corrected chi connectivity index (χ3v) is 3.39. The van der Waals surface area contributed by atoms with Crippen molar-refractivity contribution in [2.24, 2.45) is 5.73 Å². The van der Waals surface area contributed by atoms with Gasteiger partial charge in [-0.15, -0.1) is 24.8 Å². The molecule has 0 aromatic carbocycles. The van der Waals surface area contributed by atoms with E-state index in [0.717, 1.165) is 13.1 Å². The maximum atomic E-state index is 5.66. The van der Waals surface area contributed by atoms with Gasteiger partial charge in [0.2, 0.25) is 0 Å². The zero-order valence-electron chi connectivity index (χ0n) is 10.4. The molecule has 0 aromatic heterocycles. The number of hydrogen-bond acceptors (Lipinski definition) is 2. The summed E-state index contributed by atoms with van der Waals surface area (Å²) in [6.45, 7) is 11.1. The van der Waals surface area contributed by atoms with Crippen LogP contribution >= 0.6 is 24.8 Å². The molecule has 15 heavy (non-hydrogen) atoms. The van der Waals surface area contributed by atoms with Gasteiger partial charge < -0.3 is 5.73 Å². The monoisotopic (exact) mass is 256 g/mol.